The van der Waals surface area contributed by atoms with Gasteiger partial charge in [0.05, 0.1) is 4.92 Å². The Morgan fingerprint density at radius 2 is 2.00 bits per heavy atom. The number of nitro groups is 1. The Kier molecular flexibility index (Phi) is 5.89. The first-order chi connectivity index (χ1) is 12.1. The van der Waals surface area contributed by atoms with Crippen molar-refractivity contribution < 1.29 is 17.7 Å². The fourth-order valence-corrected chi connectivity index (χ4v) is 4.25. The van der Waals surface area contributed by atoms with E-state index in [1.54, 1.807) is 0 Å². The van der Waals surface area contributed by atoms with Crippen LogP contribution in [0.5, 0.6) is 0 Å². The summed E-state index contributed by atoms with van der Waals surface area (Å²) in [5.74, 6) is -1.09. The van der Waals surface area contributed by atoms with Crippen LogP contribution in [0.4, 0.5) is 10.1 Å². The number of hydrogen-bond acceptors (Lipinski definition) is 7. The van der Waals surface area contributed by atoms with Gasteiger partial charge >= 0.3 is 5.69 Å². The number of halogens is 3. The lowest BCUT2D eigenvalue weighted by Crippen LogP contribution is -2.20. The van der Waals surface area contributed by atoms with Crippen molar-refractivity contribution in [3.8, 4) is 0 Å². The molecule has 0 saturated carbocycles. The van der Waals surface area contributed by atoms with Crippen LogP contribution in [0.2, 0.25) is 10.2 Å². The summed E-state index contributed by atoms with van der Waals surface area (Å²) in [4.78, 5) is 20.9. The van der Waals surface area contributed by atoms with Crippen molar-refractivity contribution in [2.75, 3.05) is 7.05 Å². The predicted molar refractivity (Wildman–Crippen MR) is 94.2 cm³/mol. The molecule has 0 aliphatic rings. The van der Waals surface area contributed by atoms with Crippen LogP contribution >= 0.6 is 23.2 Å². The van der Waals surface area contributed by atoms with Crippen LogP contribution in [-0.2, 0) is 9.84 Å². The molecule has 2 rings (SSSR count). The van der Waals surface area contributed by atoms with Crippen LogP contribution in [0, 0.1) is 22.9 Å². The molecule has 2 aromatic rings. The minimum Gasteiger partial charge on any atom is -0.299 e. The zero-order valence-electron chi connectivity index (χ0n) is 13.4. The maximum Gasteiger partial charge on any atom is 0.329 e. The van der Waals surface area contributed by atoms with Crippen molar-refractivity contribution in [2.24, 2.45) is 4.99 Å². The first-order valence-corrected chi connectivity index (χ1v) is 9.19. The van der Waals surface area contributed by atoms with Crippen molar-refractivity contribution >= 4 is 44.9 Å². The molecule has 0 aliphatic heterocycles. The molecule has 0 saturated heterocycles. The standard InChI is InChI=1S/C14H11Cl2FN4O4S/c1-7-19-12(13(21(22)23)14(16)20-7)11(6-18-2)26(24,25)10-4-3-8(15)5-9(10)17/h3-6,11H,1-2H3. The van der Waals surface area contributed by atoms with Gasteiger partial charge in [-0.1, -0.05) is 23.2 Å². The maximum absolute atomic E-state index is 14.2. The molecule has 0 aliphatic carbocycles. The molecular weight excluding hydrogens is 410 g/mol. The summed E-state index contributed by atoms with van der Waals surface area (Å²) < 4.78 is 40.1. The van der Waals surface area contributed by atoms with E-state index < -0.39 is 47.3 Å². The highest BCUT2D eigenvalue weighted by molar-refractivity contribution is 7.92. The van der Waals surface area contributed by atoms with E-state index in [1.165, 1.54) is 20.0 Å². The van der Waals surface area contributed by atoms with E-state index in [9.17, 15) is 22.9 Å². The summed E-state index contributed by atoms with van der Waals surface area (Å²) in [7, 11) is -3.22. The number of aryl methyl sites for hydroxylation is 1. The first kappa shape index (κ1) is 20.1. The van der Waals surface area contributed by atoms with Gasteiger partial charge in [0.25, 0.3) is 0 Å². The molecular formula is C14H11Cl2FN4O4S. The number of nitrogens with zero attached hydrogens (tertiary/aromatic N) is 4. The number of hydrogen-bond donors (Lipinski definition) is 0. The van der Waals surface area contributed by atoms with Crippen molar-refractivity contribution in [3.63, 3.8) is 0 Å². The third kappa shape index (κ3) is 3.81. The molecule has 0 radical (unpaired) electrons. The highest BCUT2D eigenvalue weighted by atomic mass is 35.5. The van der Waals surface area contributed by atoms with Crippen LogP contribution in [0.3, 0.4) is 0 Å². The third-order valence-electron chi connectivity index (χ3n) is 3.25. The Hall–Kier alpha value is -2.17. The van der Waals surface area contributed by atoms with Gasteiger partial charge in [-0.05, 0) is 25.1 Å². The Bertz CT molecular complexity index is 1010. The highest BCUT2D eigenvalue weighted by Gasteiger charge is 2.38. The van der Waals surface area contributed by atoms with E-state index in [-0.39, 0.29) is 10.8 Å². The number of sulfone groups is 1. The summed E-state index contributed by atoms with van der Waals surface area (Å²) in [5.41, 5.74) is -1.30. The van der Waals surface area contributed by atoms with Gasteiger partial charge in [0.15, 0.2) is 9.84 Å². The molecule has 8 nitrogen and oxygen atoms in total. The van der Waals surface area contributed by atoms with Gasteiger partial charge in [-0.25, -0.2) is 22.8 Å². The average molecular weight is 421 g/mol. The lowest BCUT2D eigenvalue weighted by atomic mass is 10.2. The van der Waals surface area contributed by atoms with Gasteiger partial charge in [0, 0.05) is 18.3 Å². The third-order valence-corrected chi connectivity index (χ3v) is 5.71. The SMILES string of the molecule is CN=CC(c1nc(C)nc(Cl)c1[N+](=O)[O-])S(=O)(=O)c1ccc(Cl)cc1F. The van der Waals surface area contributed by atoms with Gasteiger partial charge < -0.3 is 0 Å². The normalized spacial score (nSPS) is 13.1. The van der Waals surface area contributed by atoms with Crippen LogP contribution in [0.15, 0.2) is 28.1 Å². The first-order valence-electron chi connectivity index (χ1n) is 6.89. The number of rotatable bonds is 5. The molecule has 1 heterocycles. The van der Waals surface area contributed by atoms with Crippen molar-refractivity contribution in [2.45, 2.75) is 17.1 Å². The van der Waals surface area contributed by atoms with E-state index in [0.29, 0.717) is 0 Å². The van der Waals surface area contributed by atoms with Crippen LogP contribution in [-0.4, -0.2) is 36.6 Å². The smallest absolute Gasteiger partial charge is 0.299 e. The van der Waals surface area contributed by atoms with Gasteiger partial charge in [0.2, 0.25) is 5.15 Å². The monoisotopic (exact) mass is 420 g/mol. The second-order valence-corrected chi connectivity index (χ2v) is 7.83. The summed E-state index contributed by atoms with van der Waals surface area (Å²) in [5, 5.41) is 9.07. The van der Waals surface area contributed by atoms with Gasteiger partial charge in [-0.2, -0.15) is 0 Å². The van der Waals surface area contributed by atoms with E-state index in [4.69, 9.17) is 23.2 Å². The predicted octanol–water partition coefficient (Wildman–Crippen LogP) is 3.35. The van der Waals surface area contributed by atoms with Gasteiger partial charge in [-0.3, -0.25) is 15.1 Å². The average Bonchev–Trinajstić information content (AvgIpc) is 2.50. The van der Waals surface area contributed by atoms with E-state index in [1.807, 2.05) is 0 Å². The molecule has 0 spiro atoms. The molecule has 1 aromatic heterocycles. The van der Waals surface area contributed by atoms with Gasteiger partial charge in [0.1, 0.15) is 27.5 Å². The molecule has 26 heavy (non-hydrogen) atoms. The van der Waals surface area contributed by atoms with E-state index in [2.05, 4.69) is 15.0 Å². The summed E-state index contributed by atoms with van der Waals surface area (Å²) in [6, 6.07) is 2.97. The van der Waals surface area contributed by atoms with Crippen molar-refractivity contribution in [3.05, 3.63) is 55.8 Å². The minimum atomic E-state index is -4.49. The summed E-state index contributed by atoms with van der Waals surface area (Å²) in [6.07, 6.45) is 0.911. The molecule has 138 valence electrons. The number of benzene rings is 1. The van der Waals surface area contributed by atoms with Gasteiger partial charge in [-0.15, -0.1) is 0 Å². The quantitative estimate of drug-likeness (QED) is 0.316. The topological polar surface area (TPSA) is 115 Å². The number of aromatic nitrogens is 2. The van der Waals surface area contributed by atoms with Crippen molar-refractivity contribution in [1.82, 2.24) is 9.97 Å². The fourth-order valence-electron chi connectivity index (χ4n) is 2.20. The van der Waals surface area contributed by atoms with Crippen LogP contribution in [0.1, 0.15) is 16.8 Å². The zero-order valence-corrected chi connectivity index (χ0v) is 15.7. The minimum absolute atomic E-state index is 0.00550. The Morgan fingerprint density at radius 1 is 1.35 bits per heavy atom. The summed E-state index contributed by atoms with van der Waals surface area (Å²) in [6.45, 7) is 1.38. The molecule has 1 unspecified atom stereocenters. The zero-order chi connectivity index (χ0) is 19.6. The highest BCUT2D eigenvalue weighted by Crippen LogP contribution is 2.36. The second-order valence-electron chi connectivity index (χ2n) is 5.00. The second kappa shape index (κ2) is 7.60. The molecule has 0 N–H and O–H groups in total. The fraction of sp³-hybridized carbons (Fsp3) is 0.214. The van der Waals surface area contributed by atoms with E-state index in [0.717, 1.165) is 18.3 Å². The van der Waals surface area contributed by atoms with E-state index >= 15 is 0 Å². The van der Waals surface area contributed by atoms with Crippen LogP contribution < -0.4 is 0 Å². The molecule has 0 amide bonds. The molecule has 1 aromatic carbocycles. The lowest BCUT2D eigenvalue weighted by Gasteiger charge is -2.15. The molecule has 0 bridgehead atoms. The Morgan fingerprint density at radius 3 is 2.54 bits per heavy atom. The molecule has 1 atom stereocenters. The maximum atomic E-state index is 14.2. The lowest BCUT2D eigenvalue weighted by molar-refractivity contribution is -0.386. The Balaban J connectivity index is 2.80. The summed E-state index contributed by atoms with van der Waals surface area (Å²) >= 11 is 11.4. The Labute approximate surface area is 157 Å². The van der Waals surface area contributed by atoms with Crippen LogP contribution in [0.25, 0.3) is 0 Å². The van der Waals surface area contributed by atoms with Crippen molar-refractivity contribution in [1.29, 1.82) is 0 Å². The molecule has 12 heteroatoms. The number of aliphatic imine (C=N–C) groups is 1. The largest absolute Gasteiger partial charge is 0.329 e. The molecule has 0 fully saturated rings.